The number of anilines is 2. The third-order valence-corrected chi connectivity index (χ3v) is 3.33. The number of hydrogen-bond donors (Lipinski definition) is 0. The van der Waals surface area contributed by atoms with E-state index in [0.717, 1.165) is 44.5 Å². The van der Waals surface area contributed by atoms with Crippen molar-refractivity contribution in [2.45, 2.75) is 6.42 Å². The Labute approximate surface area is 106 Å². The highest BCUT2D eigenvalue weighted by Crippen LogP contribution is 2.20. The summed E-state index contributed by atoms with van der Waals surface area (Å²) in [4.78, 5) is 24.1. The summed E-state index contributed by atoms with van der Waals surface area (Å²) in [5.41, 5.74) is 0. The zero-order chi connectivity index (χ0) is 12.4. The molecule has 96 valence electrons. The van der Waals surface area contributed by atoms with Gasteiger partial charge in [-0.25, -0.2) is 9.97 Å². The van der Waals surface area contributed by atoms with Crippen molar-refractivity contribution in [2.75, 3.05) is 49.2 Å². The van der Waals surface area contributed by atoms with Gasteiger partial charge in [-0.1, -0.05) is 0 Å². The van der Waals surface area contributed by atoms with Crippen LogP contribution in [-0.2, 0) is 9.53 Å². The molecule has 6 heteroatoms. The number of rotatable bonds is 2. The summed E-state index contributed by atoms with van der Waals surface area (Å²) in [7, 11) is 0. The van der Waals surface area contributed by atoms with Crippen LogP contribution < -0.4 is 9.80 Å². The number of hydrogen-bond acceptors (Lipinski definition) is 6. The number of ketones is 1. The predicted octanol–water partition coefficient (Wildman–Crippen LogP) is 0.0924. The van der Waals surface area contributed by atoms with Crippen molar-refractivity contribution in [1.29, 1.82) is 0 Å². The van der Waals surface area contributed by atoms with E-state index in [4.69, 9.17) is 4.74 Å². The fraction of sp³-hybridized carbons (Fsp3) is 0.583. The second kappa shape index (κ2) is 4.89. The SMILES string of the molecule is O=C1CCN(c2cc(N3CCOCC3)ncn2)C1. The first kappa shape index (κ1) is 11.4. The number of aromatic nitrogens is 2. The molecule has 2 aliphatic rings. The van der Waals surface area contributed by atoms with Gasteiger partial charge in [0.25, 0.3) is 0 Å². The van der Waals surface area contributed by atoms with E-state index in [9.17, 15) is 4.79 Å². The minimum atomic E-state index is 0.279. The van der Waals surface area contributed by atoms with Crippen molar-refractivity contribution >= 4 is 17.4 Å². The van der Waals surface area contributed by atoms with E-state index in [1.54, 1.807) is 6.33 Å². The van der Waals surface area contributed by atoms with Crippen molar-refractivity contribution in [3.8, 4) is 0 Å². The Morgan fingerprint density at radius 1 is 1.06 bits per heavy atom. The molecule has 0 N–H and O–H groups in total. The van der Waals surface area contributed by atoms with Gasteiger partial charge in [-0.2, -0.15) is 0 Å². The molecule has 0 atom stereocenters. The molecule has 2 saturated heterocycles. The molecule has 0 aliphatic carbocycles. The van der Waals surface area contributed by atoms with Crippen LogP contribution in [0.4, 0.5) is 11.6 Å². The van der Waals surface area contributed by atoms with Gasteiger partial charge in [-0.05, 0) is 0 Å². The molecule has 1 aromatic heterocycles. The molecule has 0 saturated carbocycles. The molecule has 3 rings (SSSR count). The van der Waals surface area contributed by atoms with E-state index in [2.05, 4.69) is 14.9 Å². The Kier molecular flexibility index (Phi) is 3.10. The highest BCUT2D eigenvalue weighted by Gasteiger charge is 2.21. The monoisotopic (exact) mass is 248 g/mol. The van der Waals surface area contributed by atoms with E-state index >= 15 is 0 Å². The van der Waals surface area contributed by atoms with Crippen LogP contribution in [0.5, 0.6) is 0 Å². The van der Waals surface area contributed by atoms with E-state index in [-0.39, 0.29) is 5.78 Å². The van der Waals surface area contributed by atoms with Gasteiger partial charge in [0.2, 0.25) is 0 Å². The Bertz CT molecular complexity index is 445. The molecule has 0 bridgehead atoms. The quantitative estimate of drug-likeness (QED) is 0.739. The number of carbonyl (C=O) groups is 1. The minimum Gasteiger partial charge on any atom is -0.378 e. The van der Waals surface area contributed by atoms with Gasteiger partial charge in [0.05, 0.1) is 19.8 Å². The first-order valence-corrected chi connectivity index (χ1v) is 6.24. The third-order valence-electron chi connectivity index (χ3n) is 3.33. The zero-order valence-electron chi connectivity index (χ0n) is 10.2. The number of Topliss-reactive ketones (excluding diaryl/α,β-unsaturated/α-hetero) is 1. The maximum absolute atomic E-state index is 11.3. The van der Waals surface area contributed by atoms with Crippen molar-refractivity contribution < 1.29 is 9.53 Å². The van der Waals surface area contributed by atoms with E-state index in [0.29, 0.717) is 13.0 Å². The molecule has 1 aromatic rings. The molecule has 18 heavy (non-hydrogen) atoms. The Morgan fingerprint density at radius 3 is 2.44 bits per heavy atom. The fourth-order valence-corrected chi connectivity index (χ4v) is 2.30. The molecule has 0 radical (unpaired) electrons. The lowest BCUT2D eigenvalue weighted by molar-refractivity contribution is -0.116. The van der Waals surface area contributed by atoms with Crippen molar-refractivity contribution in [1.82, 2.24) is 9.97 Å². The first-order chi connectivity index (χ1) is 8.83. The molecule has 3 heterocycles. The molecule has 2 aliphatic heterocycles. The average molecular weight is 248 g/mol. The van der Waals surface area contributed by atoms with Crippen LogP contribution in [0.2, 0.25) is 0 Å². The Morgan fingerprint density at radius 2 is 1.78 bits per heavy atom. The molecular weight excluding hydrogens is 232 g/mol. The number of ether oxygens (including phenoxy) is 1. The van der Waals surface area contributed by atoms with E-state index < -0.39 is 0 Å². The average Bonchev–Trinajstić information content (AvgIpc) is 2.87. The van der Waals surface area contributed by atoms with Crippen LogP contribution in [-0.4, -0.2) is 55.1 Å². The van der Waals surface area contributed by atoms with Gasteiger partial charge in [0.1, 0.15) is 18.0 Å². The van der Waals surface area contributed by atoms with Crippen LogP contribution in [0.25, 0.3) is 0 Å². The molecule has 2 fully saturated rings. The Hall–Kier alpha value is -1.69. The lowest BCUT2D eigenvalue weighted by Crippen LogP contribution is -2.37. The van der Waals surface area contributed by atoms with Crippen LogP contribution in [0.3, 0.4) is 0 Å². The van der Waals surface area contributed by atoms with Crippen LogP contribution >= 0.6 is 0 Å². The topological polar surface area (TPSA) is 58.6 Å². The molecule has 6 nitrogen and oxygen atoms in total. The largest absolute Gasteiger partial charge is 0.378 e. The highest BCUT2D eigenvalue weighted by molar-refractivity contribution is 5.86. The molecule has 0 spiro atoms. The van der Waals surface area contributed by atoms with Crippen LogP contribution in [0.1, 0.15) is 6.42 Å². The second-order valence-electron chi connectivity index (χ2n) is 4.54. The molecule has 0 amide bonds. The molecule has 0 aromatic carbocycles. The summed E-state index contributed by atoms with van der Waals surface area (Å²) in [5, 5.41) is 0. The minimum absolute atomic E-state index is 0.279. The second-order valence-corrected chi connectivity index (χ2v) is 4.54. The van der Waals surface area contributed by atoms with E-state index in [1.165, 1.54) is 0 Å². The number of morpholine rings is 1. The predicted molar refractivity (Wildman–Crippen MR) is 66.9 cm³/mol. The first-order valence-electron chi connectivity index (χ1n) is 6.24. The smallest absolute Gasteiger partial charge is 0.153 e. The van der Waals surface area contributed by atoms with Gasteiger partial charge >= 0.3 is 0 Å². The summed E-state index contributed by atoms with van der Waals surface area (Å²) < 4.78 is 5.33. The van der Waals surface area contributed by atoms with Crippen molar-refractivity contribution in [2.24, 2.45) is 0 Å². The summed E-state index contributed by atoms with van der Waals surface area (Å²) in [6, 6.07) is 1.96. The van der Waals surface area contributed by atoms with Crippen LogP contribution in [0, 0.1) is 0 Å². The van der Waals surface area contributed by atoms with Gasteiger partial charge in [-0.15, -0.1) is 0 Å². The van der Waals surface area contributed by atoms with Gasteiger partial charge in [-0.3, -0.25) is 4.79 Å². The van der Waals surface area contributed by atoms with Gasteiger partial charge < -0.3 is 14.5 Å². The maximum atomic E-state index is 11.3. The summed E-state index contributed by atoms with van der Waals surface area (Å²) >= 11 is 0. The summed E-state index contributed by atoms with van der Waals surface area (Å²) in [6.07, 6.45) is 2.19. The van der Waals surface area contributed by atoms with Crippen molar-refractivity contribution in [3.05, 3.63) is 12.4 Å². The highest BCUT2D eigenvalue weighted by atomic mass is 16.5. The van der Waals surface area contributed by atoms with Gasteiger partial charge in [0.15, 0.2) is 5.78 Å². The number of nitrogens with zero attached hydrogens (tertiary/aromatic N) is 4. The molecule has 0 unspecified atom stereocenters. The van der Waals surface area contributed by atoms with Crippen LogP contribution in [0.15, 0.2) is 12.4 Å². The fourth-order valence-electron chi connectivity index (χ4n) is 2.30. The van der Waals surface area contributed by atoms with Gasteiger partial charge in [0, 0.05) is 32.1 Å². The molecular formula is C12H16N4O2. The standard InChI is InChI=1S/C12H16N4O2/c17-10-1-2-16(8-10)12-7-11(13-9-14-12)15-3-5-18-6-4-15/h7,9H,1-6,8H2. The summed E-state index contributed by atoms with van der Waals surface area (Å²) in [6.45, 7) is 4.42. The van der Waals surface area contributed by atoms with Crippen molar-refractivity contribution in [3.63, 3.8) is 0 Å². The number of carbonyl (C=O) groups excluding carboxylic acids is 1. The Balaban J connectivity index is 1.78. The maximum Gasteiger partial charge on any atom is 0.153 e. The normalized spacial score (nSPS) is 20.6. The lowest BCUT2D eigenvalue weighted by Gasteiger charge is -2.28. The lowest BCUT2D eigenvalue weighted by atomic mass is 10.4. The van der Waals surface area contributed by atoms with E-state index in [1.807, 2.05) is 11.0 Å². The zero-order valence-corrected chi connectivity index (χ0v) is 10.2. The third kappa shape index (κ3) is 2.28. The summed E-state index contributed by atoms with van der Waals surface area (Å²) in [5.74, 6) is 2.04.